The molecule has 2 aromatic rings. The molecule has 1 N–H and O–H groups in total. The van der Waals surface area contributed by atoms with Crippen LogP contribution < -0.4 is 11.0 Å². The Labute approximate surface area is 105 Å². The molecule has 0 fully saturated rings. The summed E-state index contributed by atoms with van der Waals surface area (Å²) >= 11 is 0. The molecular weight excluding hydrogens is 228 g/mol. The summed E-state index contributed by atoms with van der Waals surface area (Å²) in [4.78, 5) is 12.3. The molecule has 1 aliphatic rings. The van der Waals surface area contributed by atoms with Gasteiger partial charge in [-0.15, -0.1) is 5.10 Å². The van der Waals surface area contributed by atoms with Crippen molar-refractivity contribution < 1.29 is 0 Å². The summed E-state index contributed by atoms with van der Waals surface area (Å²) in [5.41, 5.74) is 1.97. The van der Waals surface area contributed by atoms with Crippen LogP contribution in [-0.4, -0.2) is 27.4 Å². The minimum absolute atomic E-state index is 0.0439. The average Bonchev–Trinajstić information content (AvgIpc) is 2.57. The van der Waals surface area contributed by atoms with Gasteiger partial charge in [-0.25, -0.2) is 4.79 Å². The standard InChI is InChI=1S/C13H16N4O/c1-10-2-4-11(5-3-10)17-13(18)16-9-8-14-7-6-12(16)15-17/h2-5,14H,6-9H2,1H3. The van der Waals surface area contributed by atoms with Crippen LogP contribution >= 0.6 is 0 Å². The Morgan fingerprint density at radius 3 is 2.78 bits per heavy atom. The topological polar surface area (TPSA) is 51.9 Å². The van der Waals surface area contributed by atoms with Crippen molar-refractivity contribution in [1.82, 2.24) is 19.7 Å². The molecule has 18 heavy (non-hydrogen) atoms. The van der Waals surface area contributed by atoms with Gasteiger partial charge in [0.05, 0.1) is 5.69 Å². The normalized spacial score (nSPS) is 15.2. The number of fused-ring (bicyclic) bond motifs is 1. The Kier molecular flexibility index (Phi) is 2.76. The fourth-order valence-electron chi connectivity index (χ4n) is 2.22. The Morgan fingerprint density at radius 1 is 1.22 bits per heavy atom. The number of hydrogen-bond donors (Lipinski definition) is 1. The maximum Gasteiger partial charge on any atom is 0.350 e. The summed E-state index contributed by atoms with van der Waals surface area (Å²) in [5.74, 6) is 0.866. The zero-order valence-electron chi connectivity index (χ0n) is 10.4. The van der Waals surface area contributed by atoms with Crippen molar-refractivity contribution in [2.45, 2.75) is 19.9 Å². The monoisotopic (exact) mass is 244 g/mol. The van der Waals surface area contributed by atoms with Crippen molar-refractivity contribution >= 4 is 0 Å². The molecule has 0 radical (unpaired) electrons. The molecule has 94 valence electrons. The highest BCUT2D eigenvalue weighted by Crippen LogP contribution is 2.07. The predicted molar refractivity (Wildman–Crippen MR) is 69.1 cm³/mol. The smallest absolute Gasteiger partial charge is 0.315 e. The van der Waals surface area contributed by atoms with Gasteiger partial charge in [-0.05, 0) is 19.1 Å². The summed E-state index contributed by atoms with van der Waals surface area (Å²) in [6, 6.07) is 7.85. The van der Waals surface area contributed by atoms with Crippen LogP contribution in [-0.2, 0) is 13.0 Å². The van der Waals surface area contributed by atoms with E-state index in [4.69, 9.17) is 0 Å². The third-order valence-corrected chi connectivity index (χ3v) is 3.26. The molecule has 0 spiro atoms. The predicted octanol–water partition coefficient (Wildman–Crippen LogP) is 0.488. The van der Waals surface area contributed by atoms with E-state index in [1.807, 2.05) is 31.2 Å². The number of aromatic nitrogens is 3. The molecule has 1 aliphatic heterocycles. The number of hydrogen-bond acceptors (Lipinski definition) is 3. The van der Waals surface area contributed by atoms with Crippen LogP contribution in [0.4, 0.5) is 0 Å². The molecule has 1 aromatic heterocycles. The lowest BCUT2D eigenvalue weighted by Crippen LogP contribution is -2.27. The van der Waals surface area contributed by atoms with Crippen molar-refractivity contribution in [1.29, 1.82) is 0 Å². The van der Waals surface area contributed by atoms with E-state index in [-0.39, 0.29) is 5.69 Å². The second-order valence-corrected chi connectivity index (χ2v) is 4.60. The first-order chi connectivity index (χ1) is 8.75. The van der Waals surface area contributed by atoms with Crippen LogP contribution in [0.2, 0.25) is 0 Å². The maximum absolute atomic E-state index is 12.3. The molecule has 0 amide bonds. The minimum atomic E-state index is -0.0439. The van der Waals surface area contributed by atoms with Gasteiger partial charge in [-0.3, -0.25) is 4.57 Å². The Bertz CT molecular complexity index is 609. The molecular formula is C13H16N4O. The first kappa shape index (κ1) is 11.2. The fourth-order valence-corrected chi connectivity index (χ4v) is 2.22. The molecule has 5 heteroatoms. The van der Waals surface area contributed by atoms with E-state index in [0.717, 1.165) is 31.0 Å². The van der Waals surface area contributed by atoms with E-state index in [0.29, 0.717) is 6.54 Å². The lowest BCUT2D eigenvalue weighted by molar-refractivity contribution is 0.622. The fraction of sp³-hybridized carbons (Fsp3) is 0.385. The Hall–Kier alpha value is -1.88. The van der Waals surface area contributed by atoms with E-state index in [1.165, 1.54) is 10.2 Å². The lowest BCUT2D eigenvalue weighted by atomic mass is 10.2. The van der Waals surface area contributed by atoms with Gasteiger partial charge >= 0.3 is 5.69 Å². The van der Waals surface area contributed by atoms with Crippen molar-refractivity contribution in [3.63, 3.8) is 0 Å². The second-order valence-electron chi connectivity index (χ2n) is 4.60. The van der Waals surface area contributed by atoms with E-state index < -0.39 is 0 Å². The van der Waals surface area contributed by atoms with Crippen molar-refractivity contribution in [2.24, 2.45) is 0 Å². The summed E-state index contributed by atoms with van der Waals surface area (Å²) in [7, 11) is 0. The van der Waals surface area contributed by atoms with Crippen LogP contribution in [0, 0.1) is 6.92 Å². The zero-order chi connectivity index (χ0) is 12.5. The lowest BCUT2D eigenvalue weighted by Gasteiger charge is -2.01. The first-order valence-electron chi connectivity index (χ1n) is 6.22. The summed E-state index contributed by atoms with van der Waals surface area (Å²) in [6.07, 6.45) is 0.800. The maximum atomic E-state index is 12.3. The van der Waals surface area contributed by atoms with Crippen LogP contribution in [0.25, 0.3) is 5.69 Å². The van der Waals surface area contributed by atoms with Gasteiger partial charge in [0.15, 0.2) is 0 Å². The summed E-state index contributed by atoms with van der Waals surface area (Å²) in [5, 5.41) is 7.70. The molecule has 2 heterocycles. The van der Waals surface area contributed by atoms with Crippen molar-refractivity contribution in [2.75, 3.05) is 13.1 Å². The second kappa shape index (κ2) is 4.42. The molecule has 1 aromatic carbocycles. The highest BCUT2D eigenvalue weighted by Gasteiger charge is 2.15. The Balaban J connectivity index is 2.08. The van der Waals surface area contributed by atoms with Crippen molar-refractivity contribution in [3.05, 3.63) is 46.1 Å². The van der Waals surface area contributed by atoms with Crippen LogP contribution in [0.5, 0.6) is 0 Å². The van der Waals surface area contributed by atoms with Gasteiger partial charge in [-0.1, -0.05) is 17.7 Å². The number of nitrogens with zero attached hydrogens (tertiary/aromatic N) is 3. The average molecular weight is 244 g/mol. The van der Waals surface area contributed by atoms with Gasteiger partial charge in [-0.2, -0.15) is 4.68 Å². The molecule has 0 saturated carbocycles. The molecule has 0 aliphatic carbocycles. The molecule has 0 atom stereocenters. The third kappa shape index (κ3) is 1.86. The Morgan fingerprint density at radius 2 is 2.00 bits per heavy atom. The highest BCUT2D eigenvalue weighted by molar-refractivity contribution is 5.33. The minimum Gasteiger partial charge on any atom is -0.315 e. The van der Waals surface area contributed by atoms with Crippen LogP contribution in [0.1, 0.15) is 11.4 Å². The highest BCUT2D eigenvalue weighted by atomic mass is 16.2. The largest absolute Gasteiger partial charge is 0.350 e. The molecule has 0 saturated heterocycles. The summed E-state index contributed by atoms with van der Waals surface area (Å²) < 4.78 is 3.26. The quantitative estimate of drug-likeness (QED) is 0.794. The number of benzene rings is 1. The SMILES string of the molecule is Cc1ccc(-n2nc3n(c2=O)CCNCC3)cc1. The third-order valence-electron chi connectivity index (χ3n) is 3.26. The molecule has 3 rings (SSSR count). The number of aryl methyl sites for hydroxylation is 1. The summed E-state index contributed by atoms with van der Waals surface area (Å²) in [6.45, 7) is 4.43. The van der Waals surface area contributed by atoms with E-state index in [9.17, 15) is 4.79 Å². The van der Waals surface area contributed by atoms with Gasteiger partial charge in [0, 0.05) is 26.1 Å². The first-order valence-corrected chi connectivity index (χ1v) is 6.22. The number of rotatable bonds is 1. The zero-order valence-corrected chi connectivity index (χ0v) is 10.4. The van der Waals surface area contributed by atoms with E-state index in [1.54, 1.807) is 4.57 Å². The van der Waals surface area contributed by atoms with Gasteiger partial charge in [0.2, 0.25) is 0 Å². The number of nitrogens with one attached hydrogen (secondary N) is 1. The molecule has 0 unspecified atom stereocenters. The van der Waals surface area contributed by atoms with E-state index >= 15 is 0 Å². The van der Waals surface area contributed by atoms with E-state index in [2.05, 4.69) is 10.4 Å². The van der Waals surface area contributed by atoms with Gasteiger partial charge in [0.25, 0.3) is 0 Å². The van der Waals surface area contributed by atoms with Crippen LogP contribution in [0.15, 0.2) is 29.1 Å². The van der Waals surface area contributed by atoms with Crippen LogP contribution in [0.3, 0.4) is 0 Å². The molecule has 5 nitrogen and oxygen atoms in total. The molecule has 0 bridgehead atoms. The van der Waals surface area contributed by atoms with Gasteiger partial charge < -0.3 is 5.32 Å². The van der Waals surface area contributed by atoms with Crippen molar-refractivity contribution in [3.8, 4) is 5.69 Å². The van der Waals surface area contributed by atoms with Gasteiger partial charge in [0.1, 0.15) is 5.82 Å².